The standard InChI is InChI=1S/C24H27FN2O3/c1-30-21-10-9-19(25)17-20(21)22(28)27-15-6-13-24(27)12-5-14-26(23(24)29)16-11-18-7-3-2-4-8-18/h2-4,7-10,17H,5-6,11-16H2,1H3. The van der Waals surface area contributed by atoms with Gasteiger partial charge in [-0.15, -0.1) is 0 Å². The lowest BCUT2D eigenvalue weighted by Gasteiger charge is -2.44. The summed E-state index contributed by atoms with van der Waals surface area (Å²) in [6.45, 7) is 1.84. The first-order valence-corrected chi connectivity index (χ1v) is 10.5. The van der Waals surface area contributed by atoms with E-state index in [-0.39, 0.29) is 17.4 Å². The van der Waals surface area contributed by atoms with Crippen molar-refractivity contribution in [2.75, 3.05) is 26.7 Å². The summed E-state index contributed by atoms with van der Waals surface area (Å²) in [5.74, 6) is -0.479. The minimum Gasteiger partial charge on any atom is -0.496 e. The minimum absolute atomic E-state index is 0.0194. The van der Waals surface area contributed by atoms with Gasteiger partial charge in [0.05, 0.1) is 12.7 Å². The van der Waals surface area contributed by atoms with Crippen molar-refractivity contribution in [3.63, 3.8) is 0 Å². The van der Waals surface area contributed by atoms with Crippen molar-refractivity contribution in [3.8, 4) is 5.75 Å². The molecule has 2 aromatic carbocycles. The van der Waals surface area contributed by atoms with Gasteiger partial charge in [0.25, 0.3) is 5.91 Å². The van der Waals surface area contributed by atoms with Gasteiger partial charge in [-0.05, 0) is 55.9 Å². The molecule has 2 fully saturated rings. The molecule has 6 heteroatoms. The molecule has 2 aliphatic rings. The molecule has 0 aliphatic carbocycles. The Balaban J connectivity index is 1.57. The molecule has 158 valence electrons. The third-order valence-electron chi connectivity index (χ3n) is 6.34. The van der Waals surface area contributed by atoms with Crippen LogP contribution in [0.3, 0.4) is 0 Å². The maximum Gasteiger partial charge on any atom is 0.258 e. The lowest BCUT2D eigenvalue weighted by atomic mass is 9.84. The zero-order valence-corrected chi connectivity index (χ0v) is 17.3. The first-order chi connectivity index (χ1) is 14.5. The van der Waals surface area contributed by atoms with Gasteiger partial charge in [0.1, 0.15) is 17.1 Å². The average Bonchev–Trinajstić information content (AvgIpc) is 3.19. The molecule has 0 N–H and O–H groups in total. The topological polar surface area (TPSA) is 49.9 Å². The number of benzene rings is 2. The Morgan fingerprint density at radius 1 is 1.10 bits per heavy atom. The molecule has 2 aromatic rings. The fourth-order valence-electron chi connectivity index (χ4n) is 4.84. The van der Waals surface area contributed by atoms with Gasteiger partial charge >= 0.3 is 0 Å². The summed E-state index contributed by atoms with van der Waals surface area (Å²) in [7, 11) is 1.46. The molecule has 1 unspecified atom stereocenters. The number of carbonyl (C=O) groups is 2. The van der Waals surface area contributed by atoms with E-state index in [1.165, 1.54) is 30.9 Å². The van der Waals surface area contributed by atoms with Crippen molar-refractivity contribution in [1.29, 1.82) is 0 Å². The molecule has 4 rings (SSSR count). The lowest BCUT2D eigenvalue weighted by Crippen LogP contribution is -2.61. The van der Waals surface area contributed by atoms with Gasteiger partial charge < -0.3 is 14.5 Å². The molecule has 0 bridgehead atoms. The Kier molecular flexibility index (Phi) is 5.75. The highest BCUT2D eigenvalue weighted by Gasteiger charge is 2.53. The van der Waals surface area contributed by atoms with Crippen LogP contribution in [-0.4, -0.2) is 53.9 Å². The lowest BCUT2D eigenvalue weighted by molar-refractivity contribution is -0.145. The molecule has 0 radical (unpaired) electrons. The van der Waals surface area contributed by atoms with Crippen LogP contribution in [0.15, 0.2) is 48.5 Å². The summed E-state index contributed by atoms with van der Waals surface area (Å²) in [5, 5.41) is 0. The van der Waals surface area contributed by atoms with Gasteiger partial charge in [0.2, 0.25) is 5.91 Å². The second kappa shape index (κ2) is 8.46. The molecule has 0 aromatic heterocycles. The van der Waals surface area contributed by atoms with Crippen LogP contribution in [0.4, 0.5) is 4.39 Å². The number of halogens is 1. The molecule has 1 spiro atoms. The number of ether oxygens (including phenoxy) is 1. The maximum absolute atomic E-state index is 13.9. The molecule has 1 atom stereocenters. The number of rotatable bonds is 5. The SMILES string of the molecule is COc1ccc(F)cc1C(=O)N1CCCC12CCCN(CCc1ccccc1)C2=O. The van der Waals surface area contributed by atoms with Crippen molar-refractivity contribution in [1.82, 2.24) is 9.80 Å². The number of hydrogen-bond acceptors (Lipinski definition) is 3. The van der Waals surface area contributed by atoms with Gasteiger partial charge in [-0.25, -0.2) is 4.39 Å². The van der Waals surface area contributed by atoms with Gasteiger partial charge in [-0.3, -0.25) is 9.59 Å². The fraction of sp³-hybridized carbons (Fsp3) is 0.417. The molecule has 2 heterocycles. The Labute approximate surface area is 176 Å². The minimum atomic E-state index is -0.830. The van der Waals surface area contributed by atoms with E-state index in [1.807, 2.05) is 23.1 Å². The zero-order valence-electron chi connectivity index (χ0n) is 17.3. The highest BCUT2D eigenvalue weighted by Crippen LogP contribution is 2.40. The van der Waals surface area contributed by atoms with Crippen molar-refractivity contribution in [3.05, 3.63) is 65.5 Å². The highest BCUT2D eigenvalue weighted by molar-refractivity contribution is 6.01. The first kappa shape index (κ1) is 20.4. The van der Waals surface area contributed by atoms with E-state index in [0.29, 0.717) is 38.2 Å². The molecule has 2 saturated heterocycles. The monoisotopic (exact) mass is 410 g/mol. The largest absolute Gasteiger partial charge is 0.496 e. The van der Waals surface area contributed by atoms with Crippen molar-refractivity contribution in [2.45, 2.75) is 37.6 Å². The van der Waals surface area contributed by atoms with Crippen molar-refractivity contribution < 1.29 is 18.7 Å². The summed E-state index contributed by atoms with van der Waals surface area (Å²) in [4.78, 5) is 30.5. The molecule has 5 nitrogen and oxygen atoms in total. The molecule has 0 saturated carbocycles. The smallest absolute Gasteiger partial charge is 0.258 e. The summed E-state index contributed by atoms with van der Waals surface area (Å²) < 4.78 is 19.1. The van der Waals surface area contributed by atoms with E-state index >= 15 is 0 Å². The summed E-state index contributed by atoms with van der Waals surface area (Å²) in [5.41, 5.74) is 0.533. The van der Waals surface area contributed by atoms with E-state index in [4.69, 9.17) is 4.74 Å². The average molecular weight is 410 g/mol. The van der Waals surface area contributed by atoms with Crippen LogP contribution in [0.25, 0.3) is 0 Å². The number of methoxy groups -OCH3 is 1. The van der Waals surface area contributed by atoms with E-state index in [0.717, 1.165) is 19.3 Å². The second-order valence-electron chi connectivity index (χ2n) is 8.07. The highest BCUT2D eigenvalue weighted by atomic mass is 19.1. The van der Waals surface area contributed by atoms with Gasteiger partial charge in [-0.2, -0.15) is 0 Å². The number of likely N-dealkylation sites (tertiary alicyclic amines) is 2. The number of carbonyl (C=O) groups excluding carboxylic acids is 2. The normalized spacial score (nSPS) is 21.3. The first-order valence-electron chi connectivity index (χ1n) is 10.5. The van der Waals surface area contributed by atoms with Crippen LogP contribution in [0.5, 0.6) is 5.75 Å². The summed E-state index contributed by atoms with van der Waals surface area (Å²) in [6, 6.07) is 14.0. The third kappa shape index (κ3) is 3.66. The van der Waals surface area contributed by atoms with E-state index in [1.54, 1.807) is 4.90 Å². The predicted molar refractivity (Wildman–Crippen MR) is 112 cm³/mol. The molecular weight excluding hydrogens is 383 g/mol. The van der Waals surface area contributed by atoms with Crippen LogP contribution >= 0.6 is 0 Å². The van der Waals surface area contributed by atoms with Crippen LogP contribution in [0.1, 0.15) is 41.6 Å². The van der Waals surface area contributed by atoms with Crippen LogP contribution in [0.2, 0.25) is 0 Å². The Bertz CT molecular complexity index is 933. The Morgan fingerprint density at radius 3 is 2.57 bits per heavy atom. The zero-order chi connectivity index (χ0) is 21.1. The third-order valence-corrected chi connectivity index (χ3v) is 6.34. The van der Waals surface area contributed by atoms with E-state index in [2.05, 4.69) is 12.1 Å². The van der Waals surface area contributed by atoms with Crippen LogP contribution in [-0.2, 0) is 11.2 Å². The van der Waals surface area contributed by atoms with Crippen molar-refractivity contribution >= 4 is 11.8 Å². The predicted octanol–water partition coefficient (Wildman–Crippen LogP) is 3.67. The van der Waals surface area contributed by atoms with Crippen LogP contribution < -0.4 is 4.74 Å². The number of piperidine rings is 1. The molecular formula is C24H27FN2O3. The second-order valence-corrected chi connectivity index (χ2v) is 8.07. The van der Waals surface area contributed by atoms with Crippen LogP contribution in [0, 0.1) is 5.82 Å². The fourth-order valence-corrected chi connectivity index (χ4v) is 4.84. The number of amides is 2. The Hall–Kier alpha value is -2.89. The summed E-state index contributed by atoms with van der Waals surface area (Å²) >= 11 is 0. The summed E-state index contributed by atoms with van der Waals surface area (Å²) in [6.07, 6.45) is 3.70. The van der Waals surface area contributed by atoms with Gasteiger partial charge in [-0.1, -0.05) is 30.3 Å². The molecule has 30 heavy (non-hydrogen) atoms. The van der Waals surface area contributed by atoms with Gasteiger partial charge in [0, 0.05) is 19.6 Å². The number of hydrogen-bond donors (Lipinski definition) is 0. The van der Waals surface area contributed by atoms with E-state index < -0.39 is 11.4 Å². The van der Waals surface area contributed by atoms with Gasteiger partial charge in [0.15, 0.2) is 0 Å². The maximum atomic E-state index is 13.9. The number of nitrogens with zero attached hydrogens (tertiary/aromatic N) is 2. The molecule has 2 aliphatic heterocycles. The quantitative estimate of drug-likeness (QED) is 0.756. The molecule has 2 amide bonds. The van der Waals surface area contributed by atoms with E-state index in [9.17, 15) is 14.0 Å². The van der Waals surface area contributed by atoms with Crippen molar-refractivity contribution in [2.24, 2.45) is 0 Å². The Morgan fingerprint density at radius 2 is 1.83 bits per heavy atom.